The highest BCUT2D eigenvalue weighted by Crippen LogP contribution is 2.28. The first-order valence-corrected chi connectivity index (χ1v) is 7.27. The standard InChI is InChI=1S/C18H23NO2/c1-4-17(19)18(14-6-5-7-16(12-14)20-3)21-15-10-8-13(2)9-11-15/h5-12,17-18H,4,19H2,1-3H3. The van der Waals surface area contributed by atoms with Crippen LogP contribution >= 0.6 is 0 Å². The number of hydrogen-bond donors (Lipinski definition) is 1. The zero-order chi connectivity index (χ0) is 15.2. The van der Waals surface area contributed by atoms with Gasteiger partial charge in [0.05, 0.1) is 7.11 Å². The highest BCUT2D eigenvalue weighted by Gasteiger charge is 2.21. The molecular weight excluding hydrogens is 262 g/mol. The quantitative estimate of drug-likeness (QED) is 0.876. The summed E-state index contributed by atoms with van der Waals surface area (Å²) in [4.78, 5) is 0. The molecule has 2 N–H and O–H groups in total. The van der Waals surface area contributed by atoms with Gasteiger partial charge in [-0.3, -0.25) is 0 Å². The Kier molecular flexibility index (Phi) is 5.23. The fourth-order valence-electron chi connectivity index (χ4n) is 2.20. The molecule has 0 spiro atoms. The van der Waals surface area contributed by atoms with E-state index in [4.69, 9.17) is 15.2 Å². The van der Waals surface area contributed by atoms with Gasteiger partial charge in [0.1, 0.15) is 17.6 Å². The third-order valence-corrected chi connectivity index (χ3v) is 3.57. The molecule has 2 aromatic carbocycles. The summed E-state index contributed by atoms with van der Waals surface area (Å²) in [5.74, 6) is 1.64. The van der Waals surface area contributed by atoms with Crippen LogP contribution in [0, 0.1) is 6.92 Å². The molecule has 0 saturated heterocycles. The first kappa shape index (κ1) is 15.4. The van der Waals surface area contributed by atoms with Crippen LogP contribution in [-0.2, 0) is 0 Å². The van der Waals surface area contributed by atoms with Gasteiger partial charge in [-0.1, -0.05) is 36.8 Å². The predicted octanol–water partition coefficient (Wildman–Crippen LogP) is 3.86. The summed E-state index contributed by atoms with van der Waals surface area (Å²) in [6.07, 6.45) is 0.654. The van der Waals surface area contributed by atoms with Crippen LogP contribution in [0.4, 0.5) is 0 Å². The maximum absolute atomic E-state index is 6.25. The van der Waals surface area contributed by atoms with Crippen LogP contribution < -0.4 is 15.2 Å². The minimum Gasteiger partial charge on any atom is -0.497 e. The van der Waals surface area contributed by atoms with Crippen LogP contribution in [-0.4, -0.2) is 13.2 Å². The maximum Gasteiger partial charge on any atom is 0.139 e. The number of rotatable bonds is 6. The molecule has 3 nitrogen and oxygen atoms in total. The molecule has 0 heterocycles. The Balaban J connectivity index is 2.27. The van der Waals surface area contributed by atoms with Crippen LogP contribution in [0.5, 0.6) is 11.5 Å². The van der Waals surface area contributed by atoms with Gasteiger partial charge in [0.2, 0.25) is 0 Å². The van der Waals surface area contributed by atoms with Gasteiger partial charge in [-0.2, -0.15) is 0 Å². The van der Waals surface area contributed by atoms with Gasteiger partial charge in [-0.25, -0.2) is 0 Å². The highest BCUT2D eigenvalue weighted by atomic mass is 16.5. The zero-order valence-electron chi connectivity index (χ0n) is 12.9. The molecule has 3 heteroatoms. The Bertz CT molecular complexity index is 566. The fourth-order valence-corrected chi connectivity index (χ4v) is 2.20. The Morgan fingerprint density at radius 3 is 2.38 bits per heavy atom. The van der Waals surface area contributed by atoms with E-state index in [1.54, 1.807) is 7.11 Å². The molecule has 112 valence electrons. The van der Waals surface area contributed by atoms with Gasteiger partial charge in [0.25, 0.3) is 0 Å². The van der Waals surface area contributed by atoms with Gasteiger partial charge < -0.3 is 15.2 Å². The Morgan fingerprint density at radius 2 is 1.76 bits per heavy atom. The van der Waals surface area contributed by atoms with Gasteiger partial charge in [0, 0.05) is 6.04 Å². The average Bonchev–Trinajstić information content (AvgIpc) is 2.53. The number of ether oxygens (including phenoxy) is 2. The van der Waals surface area contributed by atoms with Crippen molar-refractivity contribution >= 4 is 0 Å². The average molecular weight is 285 g/mol. The lowest BCUT2D eigenvalue weighted by Gasteiger charge is -2.25. The molecule has 2 aromatic rings. The molecule has 0 aliphatic rings. The lowest BCUT2D eigenvalue weighted by atomic mass is 10.0. The Hall–Kier alpha value is -2.00. The molecule has 0 aliphatic carbocycles. The van der Waals surface area contributed by atoms with E-state index < -0.39 is 0 Å². The molecule has 2 rings (SSSR count). The smallest absolute Gasteiger partial charge is 0.139 e. The van der Waals surface area contributed by atoms with E-state index >= 15 is 0 Å². The second-order valence-electron chi connectivity index (χ2n) is 5.20. The van der Waals surface area contributed by atoms with E-state index in [-0.39, 0.29) is 12.1 Å². The molecule has 21 heavy (non-hydrogen) atoms. The predicted molar refractivity (Wildman–Crippen MR) is 85.8 cm³/mol. The molecule has 2 atom stereocenters. The van der Waals surface area contributed by atoms with Crippen molar-refractivity contribution in [3.8, 4) is 11.5 Å². The highest BCUT2D eigenvalue weighted by molar-refractivity contribution is 5.32. The topological polar surface area (TPSA) is 44.5 Å². The number of methoxy groups -OCH3 is 1. The van der Waals surface area contributed by atoms with E-state index in [0.29, 0.717) is 0 Å². The third kappa shape index (κ3) is 3.99. The van der Waals surface area contributed by atoms with E-state index in [9.17, 15) is 0 Å². The molecule has 0 aromatic heterocycles. The lowest BCUT2D eigenvalue weighted by Crippen LogP contribution is -2.31. The summed E-state index contributed by atoms with van der Waals surface area (Å²) in [7, 11) is 1.66. The van der Waals surface area contributed by atoms with Crippen molar-refractivity contribution in [3.63, 3.8) is 0 Å². The molecule has 0 radical (unpaired) electrons. The molecule has 0 fully saturated rings. The van der Waals surface area contributed by atoms with Crippen molar-refractivity contribution in [1.82, 2.24) is 0 Å². The summed E-state index contributed by atoms with van der Waals surface area (Å²) in [5.41, 5.74) is 8.49. The second-order valence-corrected chi connectivity index (χ2v) is 5.20. The Morgan fingerprint density at radius 1 is 1.05 bits per heavy atom. The molecule has 0 saturated carbocycles. The van der Waals surface area contributed by atoms with Crippen molar-refractivity contribution in [3.05, 3.63) is 59.7 Å². The summed E-state index contributed by atoms with van der Waals surface area (Å²) >= 11 is 0. The number of nitrogens with two attached hydrogens (primary N) is 1. The first-order valence-electron chi connectivity index (χ1n) is 7.27. The fraction of sp³-hybridized carbons (Fsp3) is 0.333. The van der Waals surface area contributed by atoms with Gasteiger partial charge >= 0.3 is 0 Å². The van der Waals surface area contributed by atoms with Gasteiger partial charge in [-0.05, 0) is 43.2 Å². The van der Waals surface area contributed by atoms with Crippen molar-refractivity contribution in [2.45, 2.75) is 32.4 Å². The van der Waals surface area contributed by atoms with Crippen LogP contribution in [0.1, 0.15) is 30.6 Å². The lowest BCUT2D eigenvalue weighted by molar-refractivity contribution is 0.170. The number of hydrogen-bond acceptors (Lipinski definition) is 3. The number of aryl methyl sites for hydroxylation is 1. The normalized spacial score (nSPS) is 13.5. The zero-order valence-corrected chi connectivity index (χ0v) is 12.9. The second kappa shape index (κ2) is 7.14. The van der Waals surface area contributed by atoms with Crippen LogP contribution in [0.3, 0.4) is 0 Å². The molecule has 2 unspecified atom stereocenters. The summed E-state index contributed by atoms with van der Waals surface area (Å²) in [6.45, 7) is 4.12. The SMILES string of the molecule is CCC(N)C(Oc1ccc(C)cc1)c1cccc(OC)c1. The summed E-state index contributed by atoms with van der Waals surface area (Å²) in [6, 6.07) is 15.8. The monoisotopic (exact) mass is 285 g/mol. The van der Waals surface area contributed by atoms with Crippen LogP contribution in [0.25, 0.3) is 0 Å². The van der Waals surface area contributed by atoms with E-state index in [1.165, 1.54) is 5.56 Å². The molecular formula is C18H23NO2. The van der Waals surface area contributed by atoms with E-state index in [2.05, 4.69) is 13.8 Å². The van der Waals surface area contributed by atoms with Crippen LogP contribution in [0.15, 0.2) is 48.5 Å². The van der Waals surface area contributed by atoms with Gasteiger partial charge in [-0.15, -0.1) is 0 Å². The maximum atomic E-state index is 6.25. The third-order valence-electron chi connectivity index (χ3n) is 3.57. The van der Waals surface area contributed by atoms with Crippen molar-refractivity contribution in [2.75, 3.05) is 7.11 Å². The van der Waals surface area contributed by atoms with Crippen molar-refractivity contribution in [1.29, 1.82) is 0 Å². The summed E-state index contributed by atoms with van der Waals surface area (Å²) in [5, 5.41) is 0. The molecule has 0 aliphatic heterocycles. The Labute approximate surface area is 126 Å². The molecule has 0 amide bonds. The number of benzene rings is 2. The van der Waals surface area contributed by atoms with Gasteiger partial charge in [0.15, 0.2) is 0 Å². The van der Waals surface area contributed by atoms with Crippen molar-refractivity contribution in [2.24, 2.45) is 5.73 Å². The van der Waals surface area contributed by atoms with Crippen molar-refractivity contribution < 1.29 is 9.47 Å². The molecule has 0 bridgehead atoms. The van der Waals surface area contributed by atoms with E-state index in [0.717, 1.165) is 23.5 Å². The minimum atomic E-state index is -0.187. The summed E-state index contributed by atoms with van der Waals surface area (Å²) < 4.78 is 11.4. The first-order chi connectivity index (χ1) is 10.1. The van der Waals surface area contributed by atoms with E-state index in [1.807, 2.05) is 48.5 Å². The minimum absolute atomic E-state index is 0.0709. The largest absolute Gasteiger partial charge is 0.497 e. The van der Waals surface area contributed by atoms with Crippen LogP contribution in [0.2, 0.25) is 0 Å².